The Hall–Kier alpha value is -2.18. The van der Waals surface area contributed by atoms with E-state index in [1.165, 1.54) is 0 Å². The number of nitrogens with one attached hydrogen (secondary N) is 1. The van der Waals surface area contributed by atoms with Crippen molar-refractivity contribution in [3.05, 3.63) is 48.3 Å². The first-order valence-corrected chi connectivity index (χ1v) is 8.84. The number of ether oxygens (including phenoxy) is 1. The van der Waals surface area contributed by atoms with Crippen molar-refractivity contribution in [2.24, 2.45) is 5.92 Å². The van der Waals surface area contributed by atoms with Gasteiger partial charge in [-0.1, -0.05) is 32.0 Å². The lowest BCUT2D eigenvalue weighted by molar-refractivity contribution is -0.0295. The molecule has 0 aliphatic carbocycles. The number of rotatable bonds is 6. The van der Waals surface area contributed by atoms with Gasteiger partial charge in [-0.05, 0) is 18.1 Å². The summed E-state index contributed by atoms with van der Waals surface area (Å²) in [6.45, 7) is 8.57. The number of aromatic nitrogens is 2. The van der Waals surface area contributed by atoms with Gasteiger partial charge in [0.2, 0.25) is 0 Å². The minimum absolute atomic E-state index is 0.0422. The van der Waals surface area contributed by atoms with Crippen molar-refractivity contribution in [2.75, 3.05) is 32.8 Å². The fourth-order valence-electron chi connectivity index (χ4n) is 3.06. The first kappa shape index (κ1) is 17.6. The van der Waals surface area contributed by atoms with E-state index in [0.29, 0.717) is 18.0 Å². The topological polar surface area (TPSA) is 59.4 Å². The maximum atomic E-state index is 12.4. The van der Waals surface area contributed by atoms with Crippen molar-refractivity contribution in [3.8, 4) is 5.69 Å². The zero-order chi connectivity index (χ0) is 17.6. The monoisotopic (exact) mass is 342 g/mol. The number of carbonyl (C=O) groups is 1. The molecule has 0 bridgehead atoms. The highest BCUT2D eigenvalue weighted by molar-refractivity contribution is 5.93. The van der Waals surface area contributed by atoms with Crippen LogP contribution >= 0.6 is 0 Å². The summed E-state index contributed by atoms with van der Waals surface area (Å²) in [6.07, 6.45) is 3.38. The van der Waals surface area contributed by atoms with E-state index in [9.17, 15) is 4.79 Å². The summed E-state index contributed by atoms with van der Waals surface area (Å²) in [5.41, 5.74) is 1.49. The Morgan fingerprint density at radius 3 is 2.92 bits per heavy atom. The molecule has 25 heavy (non-hydrogen) atoms. The van der Waals surface area contributed by atoms with Crippen molar-refractivity contribution in [2.45, 2.75) is 20.0 Å². The number of amides is 1. The third kappa shape index (κ3) is 4.90. The molecule has 1 aliphatic rings. The molecule has 1 N–H and O–H groups in total. The van der Waals surface area contributed by atoms with Crippen molar-refractivity contribution < 1.29 is 9.53 Å². The van der Waals surface area contributed by atoms with Gasteiger partial charge in [0.05, 0.1) is 30.2 Å². The first-order chi connectivity index (χ1) is 12.1. The Bertz CT molecular complexity index is 684. The number of hydrogen-bond acceptors (Lipinski definition) is 4. The molecule has 1 aromatic carbocycles. The van der Waals surface area contributed by atoms with Gasteiger partial charge in [0.25, 0.3) is 5.91 Å². The average Bonchev–Trinajstić information content (AvgIpc) is 3.10. The van der Waals surface area contributed by atoms with Gasteiger partial charge in [0, 0.05) is 32.4 Å². The molecule has 134 valence electrons. The summed E-state index contributed by atoms with van der Waals surface area (Å²) in [6, 6.07) is 9.75. The number of carbonyl (C=O) groups excluding carboxylic acids is 1. The molecule has 1 aliphatic heterocycles. The van der Waals surface area contributed by atoms with Gasteiger partial charge in [-0.25, -0.2) is 4.68 Å². The molecular formula is C19H26N4O2. The lowest BCUT2D eigenvalue weighted by Gasteiger charge is -2.33. The average molecular weight is 342 g/mol. The molecule has 0 saturated carbocycles. The lowest BCUT2D eigenvalue weighted by atomic mass is 10.2. The van der Waals surface area contributed by atoms with Crippen LogP contribution in [0.1, 0.15) is 24.2 Å². The van der Waals surface area contributed by atoms with E-state index in [4.69, 9.17) is 4.74 Å². The largest absolute Gasteiger partial charge is 0.374 e. The predicted molar refractivity (Wildman–Crippen MR) is 96.9 cm³/mol. The summed E-state index contributed by atoms with van der Waals surface area (Å²) in [5.74, 6) is 0.518. The minimum atomic E-state index is -0.119. The zero-order valence-corrected chi connectivity index (χ0v) is 14.9. The Balaban J connectivity index is 1.52. The number of nitrogens with zero attached hydrogens (tertiary/aromatic N) is 3. The van der Waals surface area contributed by atoms with Crippen LogP contribution in [0.25, 0.3) is 5.69 Å². The molecular weight excluding hydrogens is 316 g/mol. The minimum Gasteiger partial charge on any atom is -0.374 e. The van der Waals surface area contributed by atoms with Crippen LogP contribution in [0.3, 0.4) is 0 Å². The Kier molecular flexibility index (Phi) is 5.83. The number of para-hydroxylation sites is 1. The van der Waals surface area contributed by atoms with Crippen LogP contribution in [-0.2, 0) is 4.74 Å². The second kappa shape index (κ2) is 8.27. The summed E-state index contributed by atoms with van der Waals surface area (Å²) in [4.78, 5) is 14.8. The Morgan fingerprint density at radius 1 is 1.36 bits per heavy atom. The van der Waals surface area contributed by atoms with Crippen LogP contribution in [0.4, 0.5) is 0 Å². The van der Waals surface area contributed by atoms with Gasteiger partial charge >= 0.3 is 0 Å². The predicted octanol–water partition coefficient (Wildman–Crippen LogP) is 1.96. The van der Waals surface area contributed by atoms with Crippen molar-refractivity contribution in [1.29, 1.82) is 0 Å². The summed E-state index contributed by atoms with van der Waals surface area (Å²) < 4.78 is 7.48. The maximum absolute atomic E-state index is 12.4. The Morgan fingerprint density at radius 2 is 2.16 bits per heavy atom. The van der Waals surface area contributed by atoms with E-state index < -0.39 is 0 Å². The summed E-state index contributed by atoms with van der Waals surface area (Å²) in [7, 11) is 0. The number of benzene rings is 1. The quantitative estimate of drug-likeness (QED) is 0.872. The molecule has 1 unspecified atom stereocenters. The van der Waals surface area contributed by atoms with E-state index in [2.05, 4.69) is 29.2 Å². The molecule has 2 heterocycles. The molecule has 1 atom stereocenters. The van der Waals surface area contributed by atoms with E-state index in [-0.39, 0.29) is 12.0 Å². The molecule has 3 rings (SSSR count). The van der Waals surface area contributed by atoms with E-state index >= 15 is 0 Å². The van der Waals surface area contributed by atoms with Crippen LogP contribution in [0.15, 0.2) is 42.7 Å². The second-order valence-electron chi connectivity index (χ2n) is 6.87. The molecule has 6 nitrogen and oxygen atoms in total. The van der Waals surface area contributed by atoms with Crippen LogP contribution in [0.5, 0.6) is 0 Å². The molecule has 1 fully saturated rings. The van der Waals surface area contributed by atoms with Crippen LogP contribution in [0.2, 0.25) is 0 Å². The standard InChI is InChI=1S/C19H26N4O2/c1-15(2)12-22-8-9-25-18(14-22)11-20-19(24)16-10-21-23(13-16)17-6-4-3-5-7-17/h3-7,10,13,15,18H,8-9,11-12,14H2,1-2H3,(H,20,24). The maximum Gasteiger partial charge on any atom is 0.254 e. The third-order valence-corrected chi connectivity index (χ3v) is 4.20. The molecule has 2 aromatic rings. The Labute approximate surface area is 148 Å². The molecule has 1 amide bonds. The highest BCUT2D eigenvalue weighted by atomic mass is 16.5. The van der Waals surface area contributed by atoms with Gasteiger partial charge in [-0.2, -0.15) is 5.10 Å². The van der Waals surface area contributed by atoms with Gasteiger partial charge < -0.3 is 10.1 Å². The van der Waals surface area contributed by atoms with Crippen LogP contribution in [-0.4, -0.2) is 59.5 Å². The van der Waals surface area contributed by atoms with Gasteiger partial charge in [-0.3, -0.25) is 9.69 Å². The second-order valence-corrected chi connectivity index (χ2v) is 6.87. The molecule has 1 saturated heterocycles. The van der Waals surface area contributed by atoms with Gasteiger partial charge in [-0.15, -0.1) is 0 Å². The van der Waals surface area contributed by atoms with Gasteiger partial charge in [0.15, 0.2) is 0 Å². The van der Waals surface area contributed by atoms with Crippen molar-refractivity contribution in [3.63, 3.8) is 0 Å². The SMILES string of the molecule is CC(C)CN1CCOC(CNC(=O)c2cnn(-c3ccccc3)c2)C1. The highest BCUT2D eigenvalue weighted by Gasteiger charge is 2.21. The van der Waals surface area contributed by atoms with Crippen LogP contribution < -0.4 is 5.32 Å². The third-order valence-electron chi connectivity index (χ3n) is 4.20. The van der Waals surface area contributed by atoms with E-state index in [1.54, 1.807) is 17.1 Å². The number of morpholine rings is 1. The van der Waals surface area contributed by atoms with Gasteiger partial charge in [0.1, 0.15) is 0 Å². The fraction of sp³-hybridized carbons (Fsp3) is 0.474. The summed E-state index contributed by atoms with van der Waals surface area (Å²) >= 11 is 0. The smallest absolute Gasteiger partial charge is 0.254 e. The molecule has 6 heteroatoms. The van der Waals surface area contributed by atoms with Crippen LogP contribution in [0, 0.1) is 5.92 Å². The van der Waals surface area contributed by atoms with E-state index in [0.717, 1.165) is 31.9 Å². The fourth-order valence-corrected chi connectivity index (χ4v) is 3.06. The highest BCUT2D eigenvalue weighted by Crippen LogP contribution is 2.09. The number of hydrogen-bond donors (Lipinski definition) is 1. The zero-order valence-electron chi connectivity index (χ0n) is 14.9. The van der Waals surface area contributed by atoms with Crippen molar-refractivity contribution >= 4 is 5.91 Å². The molecule has 0 spiro atoms. The van der Waals surface area contributed by atoms with E-state index in [1.807, 2.05) is 30.3 Å². The van der Waals surface area contributed by atoms with Crippen molar-refractivity contribution in [1.82, 2.24) is 20.0 Å². The first-order valence-electron chi connectivity index (χ1n) is 8.84. The molecule has 0 radical (unpaired) electrons. The molecule has 1 aromatic heterocycles. The normalized spacial score (nSPS) is 18.4. The lowest BCUT2D eigenvalue weighted by Crippen LogP contribution is -2.48. The summed E-state index contributed by atoms with van der Waals surface area (Å²) in [5, 5.41) is 7.23.